The average Bonchev–Trinajstić information content (AvgIpc) is 2.46. The molecule has 1 aromatic rings. The van der Waals surface area contributed by atoms with Crippen LogP contribution in [-0.4, -0.2) is 18.2 Å². The molecule has 2 rings (SSSR count). The van der Waals surface area contributed by atoms with Crippen LogP contribution in [0.1, 0.15) is 51.5 Å². The van der Waals surface area contributed by atoms with E-state index in [4.69, 9.17) is 0 Å². The van der Waals surface area contributed by atoms with Gasteiger partial charge < -0.3 is 10.4 Å². The van der Waals surface area contributed by atoms with Crippen molar-refractivity contribution in [2.75, 3.05) is 13.1 Å². The molecular formula is C18H29NO. The van der Waals surface area contributed by atoms with Crippen LogP contribution in [0.5, 0.6) is 0 Å². The fourth-order valence-electron chi connectivity index (χ4n) is 3.16. The van der Waals surface area contributed by atoms with Gasteiger partial charge >= 0.3 is 0 Å². The fraction of sp³-hybridized carbons (Fsp3) is 0.667. The summed E-state index contributed by atoms with van der Waals surface area (Å²) in [6.07, 6.45) is 6.81. The van der Waals surface area contributed by atoms with Gasteiger partial charge in [0.15, 0.2) is 0 Å². The van der Waals surface area contributed by atoms with Crippen molar-refractivity contribution in [2.24, 2.45) is 11.8 Å². The van der Waals surface area contributed by atoms with E-state index in [1.54, 1.807) is 0 Å². The van der Waals surface area contributed by atoms with Crippen molar-refractivity contribution >= 4 is 0 Å². The van der Waals surface area contributed by atoms with Gasteiger partial charge in [-0.15, -0.1) is 0 Å². The lowest BCUT2D eigenvalue weighted by atomic mass is 9.81. The SMILES string of the molecule is CC1CCC(CCNCC(C)(O)c2ccccc2)CC1. The molecule has 112 valence electrons. The number of hydrogen-bond acceptors (Lipinski definition) is 2. The van der Waals surface area contributed by atoms with Crippen LogP contribution >= 0.6 is 0 Å². The summed E-state index contributed by atoms with van der Waals surface area (Å²) in [5.74, 6) is 1.82. The van der Waals surface area contributed by atoms with Gasteiger partial charge in [0.05, 0.1) is 5.60 Å². The second kappa shape index (κ2) is 7.24. The third-order valence-corrected chi connectivity index (χ3v) is 4.73. The van der Waals surface area contributed by atoms with E-state index < -0.39 is 5.60 Å². The van der Waals surface area contributed by atoms with Gasteiger partial charge in [0.2, 0.25) is 0 Å². The van der Waals surface area contributed by atoms with Crippen LogP contribution in [0.4, 0.5) is 0 Å². The lowest BCUT2D eigenvalue weighted by Gasteiger charge is -2.27. The van der Waals surface area contributed by atoms with Gasteiger partial charge in [-0.1, -0.05) is 62.9 Å². The minimum atomic E-state index is -0.775. The molecule has 0 amide bonds. The second-order valence-corrected chi connectivity index (χ2v) is 6.73. The first-order valence-corrected chi connectivity index (χ1v) is 8.06. The van der Waals surface area contributed by atoms with E-state index in [1.165, 1.54) is 32.1 Å². The molecule has 2 nitrogen and oxygen atoms in total. The minimum absolute atomic E-state index is 0.625. The maximum atomic E-state index is 10.5. The first kappa shape index (κ1) is 15.5. The molecule has 2 heteroatoms. The van der Waals surface area contributed by atoms with Crippen LogP contribution in [0.15, 0.2) is 30.3 Å². The number of hydrogen-bond donors (Lipinski definition) is 2. The first-order chi connectivity index (χ1) is 9.58. The molecule has 1 aliphatic carbocycles. The summed E-state index contributed by atoms with van der Waals surface area (Å²) >= 11 is 0. The van der Waals surface area contributed by atoms with Gasteiger partial charge in [0.25, 0.3) is 0 Å². The van der Waals surface area contributed by atoms with Crippen LogP contribution in [0, 0.1) is 11.8 Å². The predicted molar refractivity (Wildman–Crippen MR) is 84.6 cm³/mol. The van der Waals surface area contributed by atoms with Gasteiger partial charge in [0.1, 0.15) is 0 Å². The largest absolute Gasteiger partial charge is 0.384 e. The Morgan fingerprint density at radius 3 is 2.45 bits per heavy atom. The standard InChI is InChI=1S/C18H29NO/c1-15-8-10-16(11-9-15)12-13-19-14-18(2,20)17-6-4-3-5-7-17/h3-7,15-16,19-20H,8-14H2,1-2H3. The molecule has 0 aromatic heterocycles. The third-order valence-electron chi connectivity index (χ3n) is 4.73. The Hall–Kier alpha value is -0.860. The number of aliphatic hydroxyl groups is 1. The minimum Gasteiger partial charge on any atom is -0.384 e. The van der Waals surface area contributed by atoms with Crippen molar-refractivity contribution in [3.05, 3.63) is 35.9 Å². The molecule has 1 saturated carbocycles. The normalized spacial score (nSPS) is 26.1. The highest BCUT2D eigenvalue weighted by molar-refractivity contribution is 5.21. The zero-order valence-corrected chi connectivity index (χ0v) is 12.9. The summed E-state index contributed by atoms with van der Waals surface area (Å²) < 4.78 is 0. The molecule has 0 bridgehead atoms. The van der Waals surface area contributed by atoms with E-state index in [9.17, 15) is 5.11 Å². The molecule has 2 N–H and O–H groups in total. The van der Waals surface area contributed by atoms with Crippen LogP contribution in [0.2, 0.25) is 0 Å². The van der Waals surface area contributed by atoms with E-state index >= 15 is 0 Å². The highest BCUT2D eigenvalue weighted by atomic mass is 16.3. The molecule has 1 atom stereocenters. The average molecular weight is 275 g/mol. The molecule has 0 aliphatic heterocycles. The molecule has 1 aromatic carbocycles. The smallest absolute Gasteiger partial charge is 0.0992 e. The Morgan fingerprint density at radius 1 is 1.15 bits per heavy atom. The highest BCUT2D eigenvalue weighted by Gasteiger charge is 2.22. The van der Waals surface area contributed by atoms with Crippen molar-refractivity contribution in [1.82, 2.24) is 5.32 Å². The van der Waals surface area contributed by atoms with Crippen LogP contribution in [0.3, 0.4) is 0 Å². The van der Waals surface area contributed by atoms with E-state index in [0.717, 1.165) is 23.9 Å². The Labute approximate surface area is 123 Å². The van der Waals surface area contributed by atoms with Crippen molar-refractivity contribution in [3.8, 4) is 0 Å². The Morgan fingerprint density at radius 2 is 1.80 bits per heavy atom. The van der Waals surface area contributed by atoms with E-state index in [1.807, 2.05) is 37.3 Å². The summed E-state index contributed by atoms with van der Waals surface area (Å²) in [6, 6.07) is 9.92. The summed E-state index contributed by atoms with van der Waals surface area (Å²) in [7, 11) is 0. The third kappa shape index (κ3) is 4.60. The lowest BCUT2D eigenvalue weighted by Crippen LogP contribution is -2.36. The topological polar surface area (TPSA) is 32.3 Å². The number of nitrogens with one attached hydrogen (secondary N) is 1. The van der Waals surface area contributed by atoms with Gasteiger partial charge in [-0.25, -0.2) is 0 Å². The van der Waals surface area contributed by atoms with Gasteiger partial charge in [-0.2, -0.15) is 0 Å². The maximum Gasteiger partial charge on any atom is 0.0992 e. The Kier molecular flexibility index (Phi) is 5.62. The molecule has 1 aliphatic rings. The summed E-state index contributed by atoms with van der Waals surface area (Å²) in [5.41, 5.74) is 0.210. The van der Waals surface area contributed by atoms with Gasteiger partial charge in [-0.3, -0.25) is 0 Å². The zero-order chi connectivity index (χ0) is 14.4. The van der Waals surface area contributed by atoms with Crippen molar-refractivity contribution < 1.29 is 5.11 Å². The first-order valence-electron chi connectivity index (χ1n) is 8.06. The quantitative estimate of drug-likeness (QED) is 0.776. The maximum absolute atomic E-state index is 10.5. The molecule has 1 unspecified atom stereocenters. The molecule has 1 fully saturated rings. The Balaban J connectivity index is 1.68. The highest BCUT2D eigenvalue weighted by Crippen LogP contribution is 2.30. The van der Waals surface area contributed by atoms with Gasteiger partial charge in [0, 0.05) is 6.54 Å². The summed E-state index contributed by atoms with van der Waals surface area (Å²) in [6.45, 7) is 5.89. The van der Waals surface area contributed by atoms with Crippen LogP contribution < -0.4 is 5.32 Å². The fourth-order valence-corrected chi connectivity index (χ4v) is 3.16. The van der Waals surface area contributed by atoms with Crippen molar-refractivity contribution in [2.45, 2.75) is 51.6 Å². The molecule has 0 spiro atoms. The molecular weight excluding hydrogens is 246 g/mol. The van der Waals surface area contributed by atoms with E-state index in [-0.39, 0.29) is 0 Å². The number of benzene rings is 1. The molecule has 20 heavy (non-hydrogen) atoms. The predicted octanol–water partition coefficient (Wildman–Crippen LogP) is 3.70. The van der Waals surface area contributed by atoms with Gasteiger partial charge in [-0.05, 0) is 37.3 Å². The van der Waals surface area contributed by atoms with Crippen LogP contribution in [0.25, 0.3) is 0 Å². The monoisotopic (exact) mass is 275 g/mol. The second-order valence-electron chi connectivity index (χ2n) is 6.73. The molecule has 0 saturated heterocycles. The summed E-state index contributed by atoms with van der Waals surface area (Å²) in [5, 5.41) is 13.9. The molecule has 0 heterocycles. The number of rotatable bonds is 6. The van der Waals surface area contributed by atoms with Crippen molar-refractivity contribution in [1.29, 1.82) is 0 Å². The molecule has 0 radical (unpaired) electrons. The Bertz CT molecular complexity index is 380. The van der Waals surface area contributed by atoms with Crippen molar-refractivity contribution in [3.63, 3.8) is 0 Å². The van der Waals surface area contributed by atoms with Crippen LogP contribution in [-0.2, 0) is 5.60 Å². The lowest BCUT2D eigenvalue weighted by molar-refractivity contribution is 0.0566. The zero-order valence-electron chi connectivity index (χ0n) is 12.9. The van der Waals surface area contributed by atoms with E-state index in [0.29, 0.717) is 6.54 Å². The summed E-state index contributed by atoms with van der Waals surface area (Å²) in [4.78, 5) is 0. The van der Waals surface area contributed by atoms with E-state index in [2.05, 4.69) is 12.2 Å².